The summed E-state index contributed by atoms with van der Waals surface area (Å²) in [6.07, 6.45) is 0. The number of aromatic nitrogens is 2. The second-order valence-electron chi connectivity index (χ2n) is 3.46. The number of nitrogens with two attached hydrogens (primary N) is 1. The molecule has 0 saturated heterocycles. The molecular formula is C8H11Cl2N3. The molecule has 13 heavy (non-hydrogen) atoms. The Morgan fingerprint density at radius 3 is 2.54 bits per heavy atom. The van der Waals surface area contributed by atoms with Crippen molar-refractivity contribution >= 4 is 23.2 Å². The van der Waals surface area contributed by atoms with Crippen molar-refractivity contribution in [1.29, 1.82) is 0 Å². The molecule has 0 amide bonds. The van der Waals surface area contributed by atoms with Gasteiger partial charge in [-0.25, -0.2) is 0 Å². The van der Waals surface area contributed by atoms with Crippen LogP contribution in [0.25, 0.3) is 0 Å². The number of rotatable bonds is 2. The van der Waals surface area contributed by atoms with Gasteiger partial charge in [0, 0.05) is 17.5 Å². The van der Waals surface area contributed by atoms with Crippen LogP contribution in [0.3, 0.4) is 0 Å². The van der Waals surface area contributed by atoms with Crippen LogP contribution >= 0.6 is 23.2 Å². The van der Waals surface area contributed by atoms with Gasteiger partial charge in [0.25, 0.3) is 0 Å². The zero-order chi connectivity index (χ0) is 10.1. The van der Waals surface area contributed by atoms with Gasteiger partial charge in [0.2, 0.25) is 0 Å². The minimum absolute atomic E-state index is 0.226. The van der Waals surface area contributed by atoms with E-state index >= 15 is 0 Å². The highest BCUT2D eigenvalue weighted by Gasteiger charge is 2.23. The van der Waals surface area contributed by atoms with Gasteiger partial charge < -0.3 is 5.73 Å². The molecule has 0 atom stereocenters. The maximum absolute atomic E-state index is 5.87. The Kier molecular flexibility index (Phi) is 3.11. The van der Waals surface area contributed by atoms with Crippen molar-refractivity contribution in [3.63, 3.8) is 0 Å². The van der Waals surface area contributed by atoms with Gasteiger partial charge >= 0.3 is 0 Å². The molecule has 3 nitrogen and oxygen atoms in total. The third-order valence-electron chi connectivity index (χ3n) is 1.96. The number of hydrogen-bond acceptors (Lipinski definition) is 3. The van der Waals surface area contributed by atoms with E-state index < -0.39 is 0 Å². The second-order valence-corrected chi connectivity index (χ2v) is 4.20. The second kappa shape index (κ2) is 3.78. The molecule has 2 N–H and O–H groups in total. The Bertz CT molecular complexity index is 312. The first-order valence-corrected chi connectivity index (χ1v) is 4.62. The first-order chi connectivity index (χ1) is 5.97. The number of halogens is 2. The Morgan fingerprint density at radius 2 is 2.00 bits per heavy atom. The average Bonchev–Trinajstić information content (AvgIpc) is 2.09. The Balaban J connectivity index is 3.20. The fourth-order valence-electron chi connectivity index (χ4n) is 0.938. The highest BCUT2D eigenvalue weighted by Crippen LogP contribution is 2.28. The van der Waals surface area contributed by atoms with E-state index in [0.717, 1.165) is 5.56 Å². The van der Waals surface area contributed by atoms with E-state index in [9.17, 15) is 0 Å². The van der Waals surface area contributed by atoms with E-state index in [2.05, 4.69) is 10.2 Å². The lowest BCUT2D eigenvalue weighted by Crippen LogP contribution is -2.28. The van der Waals surface area contributed by atoms with Crippen molar-refractivity contribution in [2.75, 3.05) is 6.54 Å². The summed E-state index contributed by atoms with van der Waals surface area (Å²) in [5.41, 5.74) is 6.21. The Morgan fingerprint density at radius 1 is 1.38 bits per heavy atom. The summed E-state index contributed by atoms with van der Waals surface area (Å²) < 4.78 is 0. The first-order valence-electron chi connectivity index (χ1n) is 3.86. The fourth-order valence-corrected chi connectivity index (χ4v) is 1.43. The monoisotopic (exact) mass is 219 g/mol. The Labute approximate surface area is 87.2 Å². The quantitative estimate of drug-likeness (QED) is 0.829. The molecule has 0 aliphatic rings. The van der Waals surface area contributed by atoms with Crippen LogP contribution in [-0.2, 0) is 5.41 Å². The standard InChI is InChI=1S/C8H11Cl2N3/c1-8(2,4-11)5-3-6(9)12-13-7(5)10/h3H,4,11H2,1-2H3. The van der Waals surface area contributed by atoms with E-state index in [1.54, 1.807) is 6.07 Å². The molecule has 1 aromatic heterocycles. The summed E-state index contributed by atoms with van der Waals surface area (Å²) in [4.78, 5) is 0. The fraction of sp³-hybridized carbons (Fsp3) is 0.500. The maximum Gasteiger partial charge on any atom is 0.155 e. The van der Waals surface area contributed by atoms with Gasteiger partial charge in [-0.1, -0.05) is 37.0 Å². The molecule has 5 heteroatoms. The van der Waals surface area contributed by atoms with Gasteiger partial charge in [0.1, 0.15) is 0 Å². The zero-order valence-electron chi connectivity index (χ0n) is 7.51. The van der Waals surface area contributed by atoms with E-state index in [1.807, 2.05) is 13.8 Å². The highest BCUT2D eigenvalue weighted by molar-refractivity contribution is 6.31. The molecule has 0 aliphatic heterocycles. The van der Waals surface area contributed by atoms with Gasteiger partial charge in [-0.2, -0.15) is 0 Å². The van der Waals surface area contributed by atoms with Crippen molar-refractivity contribution < 1.29 is 0 Å². The molecule has 0 aromatic carbocycles. The predicted octanol–water partition coefficient (Wildman–Crippen LogP) is 2.02. The van der Waals surface area contributed by atoms with Gasteiger partial charge in [0.05, 0.1) is 0 Å². The minimum Gasteiger partial charge on any atom is -0.330 e. The van der Waals surface area contributed by atoms with Gasteiger partial charge in [-0.3, -0.25) is 0 Å². The molecule has 0 fully saturated rings. The maximum atomic E-state index is 5.87. The van der Waals surface area contributed by atoms with Crippen LogP contribution in [-0.4, -0.2) is 16.7 Å². The molecule has 0 spiro atoms. The van der Waals surface area contributed by atoms with Crippen LogP contribution in [0.5, 0.6) is 0 Å². The average molecular weight is 220 g/mol. The molecule has 0 unspecified atom stereocenters. The molecular weight excluding hydrogens is 209 g/mol. The highest BCUT2D eigenvalue weighted by atomic mass is 35.5. The molecule has 1 rings (SSSR count). The van der Waals surface area contributed by atoms with Crippen molar-refractivity contribution in [1.82, 2.24) is 10.2 Å². The van der Waals surface area contributed by atoms with E-state index in [4.69, 9.17) is 28.9 Å². The Hall–Kier alpha value is -0.380. The van der Waals surface area contributed by atoms with Crippen LogP contribution in [0.15, 0.2) is 6.07 Å². The number of nitrogens with zero attached hydrogens (tertiary/aromatic N) is 2. The van der Waals surface area contributed by atoms with E-state index in [-0.39, 0.29) is 5.41 Å². The minimum atomic E-state index is -0.226. The molecule has 0 radical (unpaired) electrons. The van der Waals surface area contributed by atoms with E-state index in [0.29, 0.717) is 16.9 Å². The molecule has 1 aromatic rings. The molecule has 0 saturated carbocycles. The van der Waals surface area contributed by atoms with Gasteiger partial charge in [0.15, 0.2) is 10.3 Å². The van der Waals surface area contributed by atoms with Gasteiger partial charge in [-0.05, 0) is 6.07 Å². The van der Waals surface area contributed by atoms with Crippen LogP contribution in [0.4, 0.5) is 0 Å². The third-order valence-corrected chi connectivity index (χ3v) is 2.42. The van der Waals surface area contributed by atoms with E-state index in [1.165, 1.54) is 0 Å². The lowest BCUT2D eigenvalue weighted by atomic mass is 9.86. The third kappa shape index (κ3) is 2.30. The van der Waals surface area contributed by atoms with Crippen molar-refractivity contribution in [2.45, 2.75) is 19.3 Å². The SMILES string of the molecule is CC(C)(CN)c1cc(Cl)nnc1Cl. The van der Waals surface area contributed by atoms with Gasteiger partial charge in [-0.15, -0.1) is 10.2 Å². The van der Waals surface area contributed by atoms with Crippen molar-refractivity contribution in [3.05, 3.63) is 21.9 Å². The summed E-state index contributed by atoms with van der Waals surface area (Å²) in [7, 11) is 0. The lowest BCUT2D eigenvalue weighted by Gasteiger charge is -2.23. The molecule has 0 aliphatic carbocycles. The molecule has 0 bridgehead atoms. The van der Waals surface area contributed by atoms with Crippen LogP contribution in [0.1, 0.15) is 19.4 Å². The topological polar surface area (TPSA) is 51.8 Å². The van der Waals surface area contributed by atoms with Crippen LogP contribution in [0, 0.1) is 0 Å². The van der Waals surface area contributed by atoms with Crippen molar-refractivity contribution in [3.8, 4) is 0 Å². The zero-order valence-corrected chi connectivity index (χ0v) is 9.02. The summed E-state index contributed by atoms with van der Waals surface area (Å²) >= 11 is 11.6. The first kappa shape index (κ1) is 10.7. The molecule has 72 valence electrons. The normalized spacial score (nSPS) is 11.8. The van der Waals surface area contributed by atoms with Crippen molar-refractivity contribution in [2.24, 2.45) is 5.73 Å². The summed E-state index contributed by atoms with van der Waals surface area (Å²) in [6, 6.07) is 1.70. The summed E-state index contributed by atoms with van der Waals surface area (Å²) in [5.74, 6) is 0. The largest absolute Gasteiger partial charge is 0.330 e. The molecule has 1 heterocycles. The summed E-state index contributed by atoms with van der Waals surface area (Å²) in [6.45, 7) is 4.44. The van der Waals surface area contributed by atoms with Crippen LogP contribution in [0.2, 0.25) is 10.3 Å². The predicted molar refractivity (Wildman–Crippen MR) is 54.1 cm³/mol. The lowest BCUT2D eigenvalue weighted by molar-refractivity contribution is 0.535. The summed E-state index contributed by atoms with van der Waals surface area (Å²) in [5, 5.41) is 8.05. The smallest absolute Gasteiger partial charge is 0.155 e. The van der Waals surface area contributed by atoms with Crippen LogP contribution < -0.4 is 5.73 Å². The number of hydrogen-bond donors (Lipinski definition) is 1.